The van der Waals surface area contributed by atoms with Gasteiger partial charge in [0.25, 0.3) is 0 Å². The lowest BCUT2D eigenvalue weighted by molar-refractivity contribution is -0.153. The highest BCUT2D eigenvalue weighted by atomic mass is 16.5. The third kappa shape index (κ3) is 2.93. The Morgan fingerprint density at radius 1 is 1.24 bits per heavy atom. The van der Waals surface area contributed by atoms with Gasteiger partial charge in [0.05, 0.1) is 12.2 Å². The summed E-state index contributed by atoms with van der Waals surface area (Å²) in [6.45, 7) is 6.63. The molecule has 1 aliphatic carbocycles. The molecule has 4 atom stereocenters. The molecule has 4 unspecified atom stereocenters. The van der Waals surface area contributed by atoms with E-state index in [-0.39, 0.29) is 42.0 Å². The van der Waals surface area contributed by atoms with Crippen molar-refractivity contribution in [3.63, 3.8) is 0 Å². The molecule has 118 valence electrons. The number of ether oxygens (including phenoxy) is 1. The highest BCUT2D eigenvalue weighted by molar-refractivity contribution is 5.97. The zero-order valence-corrected chi connectivity index (χ0v) is 13.2. The molecule has 3 rings (SSSR count). The number of nitrogens with zero attached hydrogens (tertiary/aromatic N) is 1. The van der Waals surface area contributed by atoms with Crippen molar-refractivity contribution in [1.29, 1.82) is 0 Å². The van der Waals surface area contributed by atoms with Crippen molar-refractivity contribution in [2.45, 2.75) is 70.7 Å². The lowest BCUT2D eigenvalue weighted by Gasteiger charge is -2.42. The summed E-state index contributed by atoms with van der Waals surface area (Å²) in [6.07, 6.45) is 4.46. The lowest BCUT2D eigenvalue weighted by atomic mass is 9.95. The third-order valence-corrected chi connectivity index (χ3v) is 4.90. The van der Waals surface area contributed by atoms with Gasteiger partial charge in [0.15, 0.2) is 0 Å². The normalized spacial score (nSPS) is 37.2. The van der Waals surface area contributed by atoms with Gasteiger partial charge in [0.2, 0.25) is 11.8 Å². The number of carbonyl (C=O) groups excluding carboxylic acids is 2. The van der Waals surface area contributed by atoms with Crippen LogP contribution in [0.1, 0.15) is 46.5 Å². The second-order valence-electron chi connectivity index (χ2n) is 7.15. The number of rotatable bonds is 4. The highest BCUT2D eigenvalue weighted by Crippen LogP contribution is 2.36. The van der Waals surface area contributed by atoms with Gasteiger partial charge in [-0.15, -0.1) is 0 Å². The summed E-state index contributed by atoms with van der Waals surface area (Å²) in [7, 11) is 0. The third-order valence-electron chi connectivity index (χ3n) is 4.90. The molecule has 0 bridgehead atoms. The minimum absolute atomic E-state index is 0.00699. The van der Waals surface area contributed by atoms with Crippen LogP contribution in [0.4, 0.5) is 0 Å². The number of amides is 2. The van der Waals surface area contributed by atoms with E-state index < -0.39 is 0 Å². The van der Waals surface area contributed by atoms with Crippen LogP contribution in [0.15, 0.2) is 0 Å². The molecule has 1 saturated carbocycles. The molecular weight excluding hydrogens is 268 g/mol. The Hall–Kier alpha value is -1.10. The van der Waals surface area contributed by atoms with E-state index in [4.69, 9.17) is 4.74 Å². The molecule has 2 saturated heterocycles. The maximum atomic E-state index is 12.8. The number of carbonyl (C=O) groups is 2. The van der Waals surface area contributed by atoms with Gasteiger partial charge in [-0.3, -0.25) is 9.59 Å². The average Bonchev–Trinajstić information content (AvgIpc) is 3.17. The van der Waals surface area contributed by atoms with E-state index in [1.54, 1.807) is 4.90 Å². The highest BCUT2D eigenvalue weighted by Gasteiger charge is 2.48. The minimum atomic E-state index is -0.355. The first-order valence-corrected chi connectivity index (χ1v) is 8.23. The predicted octanol–water partition coefficient (Wildman–Crippen LogP) is 1.32. The van der Waals surface area contributed by atoms with Crippen molar-refractivity contribution in [3.05, 3.63) is 0 Å². The molecule has 1 N–H and O–H groups in total. The minimum Gasteiger partial charge on any atom is -0.373 e. The summed E-state index contributed by atoms with van der Waals surface area (Å²) >= 11 is 0. The van der Waals surface area contributed by atoms with Crippen LogP contribution in [0.25, 0.3) is 0 Å². The van der Waals surface area contributed by atoms with Crippen LogP contribution in [0.3, 0.4) is 0 Å². The van der Waals surface area contributed by atoms with Crippen molar-refractivity contribution >= 4 is 11.8 Å². The van der Waals surface area contributed by atoms with Crippen LogP contribution in [0.5, 0.6) is 0 Å². The molecule has 0 radical (unpaired) electrons. The lowest BCUT2D eigenvalue weighted by Crippen LogP contribution is -2.66. The topological polar surface area (TPSA) is 58.6 Å². The Morgan fingerprint density at radius 3 is 2.48 bits per heavy atom. The summed E-state index contributed by atoms with van der Waals surface area (Å²) < 4.78 is 5.86. The standard InChI is InChI=1S/C16H26N2O3/c1-9(2)14-15(19)17-13(11-5-6-11)16(20)18(14)8-12-7-4-10(3)21-12/h9-14H,4-8H2,1-3H3,(H,17,19). The predicted molar refractivity (Wildman–Crippen MR) is 78.6 cm³/mol. The fourth-order valence-corrected chi connectivity index (χ4v) is 3.61. The van der Waals surface area contributed by atoms with E-state index in [9.17, 15) is 9.59 Å². The SMILES string of the molecule is CC1CCC(CN2C(=O)C(C3CC3)NC(=O)C2C(C)C)O1. The molecular formula is C16H26N2O3. The Bertz CT molecular complexity index is 433. The summed E-state index contributed by atoms with van der Waals surface area (Å²) in [5, 5.41) is 2.95. The van der Waals surface area contributed by atoms with Gasteiger partial charge in [0, 0.05) is 6.54 Å². The van der Waals surface area contributed by atoms with Gasteiger partial charge in [0.1, 0.15) is 12.1 Å². The molecule has 5 nitrogen and oxygen atoms in total. The maximum absolute atomic E-state index is 12.8. The molecule has 0 aromatic heterocycles. The molecule has 2 aliphatic heterocycles. The van der Waals surface area contributed by atoms with Crippen LogP contribution < -0.4 is 5.32 Å². The second kappa shape index (κ2) is 5.59. The van der Waals surface area contributed by atoms with E-state index in [0.717, 1.165) is 25.7 Å². The Kier molecular flexibility index (Phi) is 3.95. The van der Waals surface area contributed by atoms with E-state index in [2.05, 4.69) is 12.2 Å². The summed E-state index contributed by atoms with van der Waals surface area (Å²) in [5.74, 6) is 0.569. The fourth-order valence-electron chi connectivity index (χ4n) is 3.61. The van der Waals surface area contributed by atoms with Crippen LogP contribution in [0, 0.1) is 11.8 Å². The largest absolute Gasteiger partial charge is 0.373 e. The van der Waals surface area contributed by atoms with Gasteiger partial charge in [-0.2, -0.15) is 0 Å². The van der Waals surface area contributed by atoms with E-state index in [1.165, 1.54) is 0 Å². The van der Waals surface area contributed by atoms with Gasteiger partial charge < -0.3 is 15.0 Å². The Balaban J connectivity index is 1.76. The van der Waals surface area contributed by atoms with Crippen LogP contribution >= 0.6 is 0 Å². The first-order valence-electron chi connectivity index (χ1n) is 8.23. The Morgan fingerprint density at radius 2 is 1.95 bits per heavy atom. The van der Waals surface area contributed by atoms with Crippen molar-refractivity contribution in [2.75, 3.05) is 6.54 Å². The van der Waals surface area contributed by atoms with Crippen molar-refractivity contribution in [3.8, 4) is 0 Å². The van der Waals surface area contributed by atoms with E-state index in [1.807, 2.05) is 13.8 Å². The zero-order chi connectivity index (χ0) is 15.1. The summed E-state index contributed by atoms with van der Waals surface area (Å²) in [6, 6.07) is -0.654. The monoisotopic (exact) mass is 294 g/mol. The molecule has 0 spiro atoms. The quantitative estimate of drug-likeness (QED) is 0.850. The average molecular weight is 294 g/mol. The molecule has 2 amide bonds. The molecule has 2 heterocycles. The molecule has 3 aliphatic rings. The van der Waals surface area contributed by atoms with Crippen LogP contribution in [0.2, 0.25) is 0 Å². The first-order chi connectivity index (χ1) is 9.97. The van der Waals surface area contributed by atoms with Gasteiger partial charge in [-0.1, -0.05) is 13.8 Å². The number of piperazine rings is 1. The first kappa shape index (κ1) is 14.8. The molecule has 0 aromatic carbocycles. The van der Waals surface area contributed by atoms with E-state index in [0.29, 0.717) is 12.5 Å². The summed E-state index contributed by atoms with van der Waals surface area (Å²) in [4.78, 5) is 27.0. The van der Waals surface area contributed by atoms with Gasteiger partial charge in [-0.25, -0.2) is 0 Å². The number of nitrogens with one attached hydrogen (secondary N) is 1. The number of hydrogen-bond acceptors (Lipinski definition) is 3. The maximum Gasteiger partial charge on any atom is 0.246 e. The second-order valence-corrected chi connectivity index (χ2v) is 7.15. The van der Waals surface area contributed by atoms with Gasteiger partial charge in [-0.05, 0) is 44.4 Å². The smallest absolute Gasteiger partial charge is 0.246 e. The van der Waals surface area contributed by atoms with Crippen molar-refractivity contribution in [2.24, 2.45) is 11.8 Å². The molecule has 0 aromatic rings. The van der Waals surface area contributed by atoms with Crippen LogP contribution in [-0.2, 0) is 14.3 Å². The molecule has 3 fully saturated rings. The Labute approximate surface area is 126 Å². The van der Waals surface area contributed by atoms with Crippen molar-refractivity contribution < 1.29 is 14.3 Å². The number of hydrogen-bond donors (Lipinski definition) is 1. The zero-order valence-electron chi connectivity index (χ0n) is 13.2. The molecule has 21 heavy (non-hydrogen) atoms. The molecule has 5 heteroatoms. The van der Waals surface area contributed by atoms with Crippen LogP contribution in [-0.4, -0.2) is 47.6 Å². The van der Waals surface area contributed by atoms with Crippen molar-refractivity contribution in [1.82, 2.24) is 10.2 Å². The fraction of sp³-hybridized carbons (Fsp3) is 0.875. The van der Waals surface area contributed by atoms with Gasteiger partial charge >= 0.3 is 0 Å². The van der Waals surface area contributed by atoms with E-state index >= 15 is 0 Å². The summed E-state index contributed by atoms with van der Waals surface area (Å²) in [5.41, 5.74) is 0.